The predicted octanol–water partition coefficient (Wildman–Crippen LogP) is 0.730. The molecule has 20 heavy (non-hydrogen) atoms. The Hall–Kier alpha value is -1.62. The lowest BCUT2D eigenvalue weighted by Crippen LogP contribution is -2.51. The molecule has 0 saturated carbocycles. The Balaban J connectivity index is 1.54. The zero-order valence-electron chi connectivity index (χ0n) is 11.8. The molecular formula is C15H22N4O. The summed E-state index contributed by atoms with van der Waals surface area (Å²) in [6.45, 7) is 5.36. The van der Waals surface area contributed by atoms with E-state index in [4.69, 9.17) is 0 Å². The zero-order chi connectivity index (χ0) is 13.8. The fraction of sp³-hybridized carbons (Fsp3) is 0.600. The van der Waals surface area contributed by atoms with Gasteiger partial charge in [0, 0.05) is 38.3 Å². The zero-order valence-corrected chi connectivity index (χ0v) is 11.8. The highest BCUT2D eigenvalue weighted by molar-refractivity contribution is 5.79. The Kier molecular flexibility index (Phi) is 4.16. The molecule has 2 saturated heterocycles. The third-order valence-electron chi connectivity index (χ3n) is 4.25. The van der Waals surface area contributed by atoms with Crippen molar-refractivity contribution in [1.82, 2.24) is 15.2 Å². The number of rotatable bonds is 2. The van der Waals surface area contributed by atoms with Gasteiger partial charge in [-0.05, 0) is 38.1 Å². The highest BCUT2D eigenvalue weighted by Gasteiger charge is 2.28. The monoisotopic (exact) mass is 274 g/mol. The Bertz CT molecular complexity index is 436. The van der Waals surface area contributed by atoms with E-state index in [1.54, 1.807) is 0 Å². The Morgan fingerprint density at radius 1 is 1.15 bits per heavy atom. The molecule has 2 aliphatic heterocycles. The van der Waals surface area contributed by atoms with Crippen LogP contribution in [-0.4, -0.2) is 55.1 Å². The maximum atomic E-state index is 12.5. The van der Waals surface area contributed by atoms with Crippen LogP contribution in [0.1, 0.15) is 12.8 Å². The molecule has 0 spiro atoms. The number of nitrogens with one attached hydrogen (secondary N) is 1. The third-order valence-corrected chi connectivity index (χ3v) is 4.25. The lowest BCUT2D eigenvalue weighted by atomic mass is 9.96. The van der Waals surface area contributed by atoms with Crippen molar-refractivity contribution < 1.29 is 4.79 Å². The molecule has 1 N–H and O–H groups in total. The van der Waals surface area contributed by atoms with E-state index >= 15 is 0 Å². The first-order valence-electron chi connectivity index (χ1n) is 7.50. The molecule has 108 valence electrons. The van der Waals surface area contributed by atoms with Gasteiger partial charge < -0.3 is 15.1 Å². The molecule has 5 heteroatoms. The largest absolute Gasteiger partial charge is 0.353 e. The van der Waals surface area contributed by atoms with Crippen LogP contribution in [0.2, 0.25) is 0 Å². The maximum Gasteiger partial charge on any atom is 0.225 e. The fourth-order valence-corrected chi connectivity index (χ4v) is 3.02. The van der Waals surface area contributed by atoms with Crippen molar-refractivity contribution in [3.63, 3.8) is 0 Å². The number of carbonyl (C=O) groups excluding carboxylic acids is 1. The van der Waals surface area contributed by atoms with Gasteiger partial charge in [0.1, 0.15) is 5.82 Å². The van der Waals surface area contributed by atoms with E-state index in [1.165, 1.54) is 0 Å². The van der Waals surface area contributed by atoms with E-state index in [2.05, 4.69) is 15.2 Å². The SMILES string of the molecule is O=C(C1CCNCC1)N1CCN(c2ccccn2)CC1. The molecule has 0 aliphatic carbocycles. The summed E-state index contributed by atoms with van der Waals surface area (Å²) in [5.41, 5.74) is 0. The lowest BCUT2D eigenvalue weighted by molar-refractivity contribution is -0.136. The summed E-state index contributed by atoms with van der Waals surface area (Å²) in [5, 5.41) is 3.31. The summed E-state index contributed by atoms with van der Waals surface area (Å²) < 4.78 is 0. The first-order chi connectivity index (χ1) is 9.84. The quantitative estimate of drug-likeness (QED) is 0.864. The molecule has 0 radical (unpaired) electrons. The molecular weight excluding hydrogens is 252 g/mol. The van der Waals surface area contributed by atoms with Crippen LogP contribution in [0.4, 0.5) is 5.82 Å². The van der Waals surface area contributed by atoms with E-state index < -0.39 is 0 Å². The molecule has 3 heterocycles. The minimum atomic E-state index is 0.234. The van der Waals surface area contributed by atoms with Gasteiger partial charge in [0.05, 0.1) is 0 Å². The fourth-order valence-electron chi connectivity index (χ4n) is 3.02. The molecule has 2 fully saturated rings. The van der Waals surface area contributed by atoms with Gasteiger partial charge in [0.15, 0.2) is 0 Å². The van der Waals surface area contributed by atoms with Crippen LogP contribution in [0.3, 0.4) is 0 Å². The van der Waals surface area contributed by atoms with Gasteiger partial charge in [-0.2, -0.15) is 0 Å². The number of pyridine rings is 1. The second kappa shape index (κ2) is 6.22. The summed E-state index contributed by atoms with van der Waals surface area (Å²) in [5.74, 6) is 1.60. The van der Waals surface area contributed by atoms with Gasteiger partial charge in [-0.3, -0.25) is 4.79 Å². The van der Waals surface area contributed by atoms with Crippen LogP contribution in [0, 0.1) is 5.92 Å². The normalized spacial score (nSPS) is 21.0. The predicted molar refractivity (Wildman–Crippen MR) is 78.6 cm³/mol. The first kappa shape index (κ1) is 13.4. The number of aromatic nitrogens is 1. The van der Waals surface area contributed by atoms with E-state index in [0.717, 1.165) is 57.9 Å². The van der Waals surface area contributed by atoms with Gasteiger partial charge in [-0.15, -0.1) is 0 Å². The van der Waals surface area contributed by atoms with Crippen molar-refractivity contribution in [3.05, 3.63) is 24.4 Å². The summed E-state index contributed by atoms with van der Waals surface area (Å²) >= 11 is 0. The van der Waals surface area contributed by atoms with Gasteiger partial charge in [-0.1, -0.05) is 6.07 Å². The van der Waals surface area contributed by atoms with Crippen molar-refractivity contribution in [2.75, 3.05) is 44.2 Å². The summed E-state index contributed by atoms with van der Waals surface area (Å²) in [7, 11) is 0. The number of hydrogen-bond donors (Lipinski definition) is 1. The van der Waals surface area contributed by atoms with Crippen LogP contribution >= 0.6 is 0 Å². The number of amides is 1. The number of carbonyl (C=O) groups is 1. The topological polar surface area (TPSA) is 48.5 Å². The third kappa shape index (κ3) is 2.93. The van der Waals surface area contributed by atoms with Crippen molar-refractivity contribution in [2.45, 2.75) is 12.8 Å². The molecule has 1 aromatic heterocycles. The lowest BCUT2D eigenvalue weighted by Gasteiger charge is -2.37. The van der Waals surface area contributed by atoms with Gasteiger partial charge in [-0.25, -0.2) is 4.98 Å². The van der Waals surface area contributed by atoms with Gasteiger partial charge in [0.2, 0.25) is 5.91 Å². The van der Waals surface area contributed by atoms with Crippen LogP contribution in [0.5, 0.6) is 0 Å². The summed E-state index contributed by atoms with van der Waals surface area (Å²) in [4.78, 5) is 21.1. The van der Waals surface area contributed by atoms with E-state index in [1.807, 2.05) is 29.3 Å². The van der Waals surface area contributed by atoms with Crippen LogP contribution < -0.4 is 10.2 Å². The molecule has 5 nitrogen and oxygen atoms in total. The molecule has 1 amide bonds. The number of piperidine rings is 1. The standard InChI is InChI=1S/C15H22N4O/c20-15(13-4-7-16-8-5-13)19-11-9-18(10-12-19)14-3-1-2-6-17-14/h1-3,6,13,16H,4-5,7-12H2. The Morgan fingerprint density at radius 3 is 2.55 bits per heavy atom. The van der Waals surface area contributed by atoms with Crippen molar-refractivity contribution >= 4 is 11.7 Å². The Labute approximate surface area is 120 Å². The average Bonchev–Trinajstić information content (AvgIpc) is 2.56. The van der Waals surface area contributed by atoms with Crippen molar-refractivity contribution in [1.29, 1.82) is 0 Å². The minimum Gasteiger partial charge on any atom is -0.353 e. The second-order valence-electron chi connectivity index (χ2n) is 5.52. The number of anilines is 1. The minimum absolute atomic E-state index is 0.234. The smallest absolute Gasteiger partial charge is 0.225 e. The molecule has 0 unspecified atom stereocenters. The van der Waals surface area contributed by atoms with Gasteiger partial charge in [0.25, 0.3) is 0 Å². The van der Waals surface area contributed by atoms with Crippen LogP contribution in [0.25, 0.3) is 0 Å². The Morgan fingerprint density at radius 2 is 1.90 bits per heavy atom. The van der Waals surface area contributed by atoms with E-state index in [-0.39, 0.29) is 5.92 Å². The number of piperazine rings is 1. The van der Waals surface area contributed by atoms with Crippen molar-refractivity contribution in [2.24, 2.45) is 5.92 Å². The molecule has 3 rings (SSSR count). The average molecular weight is 274 g/mol. The van der Waals surface area contributed by atoms with E-state index in [9.17, 15) is 4.79 Å². The van der Waals surface area contributed by atoms with Crippen LogP contribution in [-0.2, 0) is 4.79 Å². The molecule has 0 atom stereocenters. The first-order valence-corrected chi connectivity index (χ1v) is 7.50. The second-order valence-corrected chi connectivity index (χ2v) is 5.52. The summed E-state index contributed by atoms with van der Waals surface area (Å²) in [6.07, 6.45) is 3.79. The maximum absolute atomic E-state index is 12.5. The molecule has 0 aromatic carbocycles. The van der Waals surface area contributed by atoms with E-state index in [0.29, 0.717) is 5.91 Å². The molecule has 0 bridgehead atoms. The summed E-state index contributed by atoms with van der Waals surface area (Å²) in [6, 6.07) is 5.97. The van der Waals surface area contributed by atoms with Gasteiger partial charge >= 0.3 is 0 Å². The highest BCUT2D eigenvalue weighted by Crippen LogP contribution is 2.18. The number of nitrogens with zero attached hydrogens (tertiary/aromatic N) is 3. The number of hydrogen-bond acceptors (Lipinski definition) is 4. The highest BCUT2D eigenvalue weighted by atomic mass is 16.2. The molecule has 1 aromatic rings. The van der Waals surface area contributed by atoms with Crippen LogP contribution in [0.15, 0.2) is 24.4 Å². The molecule has 2 aliphatic rings. The van der Waals surface area contributed by atoms with Crippen molar-refractivity contribution in [3.8, 4) is 0 Å².